The zero-order valence-corrected chi connectivity index (χ0v) is 22.7. The van der Waals surface area contributed by atoms with E-state index in [2.05, 4.69) is 36.1 Å². The van der Waals surface area contributed by atoms with Crippen molar-refractivity contribution in [2.45, 2.75) is 65.0 Å². The van der Waals surface area contributed by atoms with Crippen molar-refractivity contribution < 1.29 is 19.2 Å². The third-order valence-corrected chi connectivity index (χ3v) is 7.61. The smallest absolute Gasteiger partial charge is 0.258 e. The van der Waals surface area contributed by atoms with Gasteiger partial charge in [-0.05, 0) is 61.9 Å². The zero-order valence-electron chi connectivity index (χ0n) is 22.7. The lowest BCUT2D eigenvalue weighted by molar-refractivity contribution is -0.129. The number of hydrogen-bond acceptors (Lipinski definition) is 7. The number of amides is 1. The summed E-state index contributed by atoms with van der Waals surface area (Å²) in [6.07, 6.45) is 6.38. The first-order chi connectivity index (χ1) is 18.9. The van der Waals surface area contributed by atoms with Crippen LogP contribution in [0.15, 0.2) is 52.6 Å². The highest BCUT2D eigenvalue weighted by Crippen LogP contribution is 2.49. The maximum absolute atomic E-state index is 12.5. The fourth-order valence-corrected chi connectivity index (χ4v) is 5.91. The van der Waals surface area contributed by atoms with Crippen molar-refractivity contribution in [2.24, 2.45) is 5.92 Å². The van der Waals surface area contributed by atoms with Crippen LogP contribution in [-0.2, 0) is 11.2 Å². The number of aliphatic hydroxyl groups is 1. The number of nitrogens with zero attached hydrogens (tertiary/aromatic N) is 4. The summed E-state index contributed by atoms with van der Waals surface area (Å²) in [5.41, 5.74) is 5.43. The van der Waals surface area contributed by atoms with E-state index in [1.54, 1.807) is 17.0 Å². The molecule has 0 saturated carbocycles. The summed E-state index contributed by atoms with van der Waals surface area (Å²) in [7, 11) is 0. The van der Waals surface area contributed by atoms with Gasteiger partial charge in [-0.25, -0.2) is 0 Å². The molecule has 5 rings (SSSR count). The number of benzene rings is 2. The molecule has 1 N–H and O–H groups in total. The second-order valence-corrected chi connectivity index (χ2v) is 10.5. The Kier molecular flexibility index (Phi) is 7.80. The van der Waals surface area contributed by atoms with Crippen molar-refractivity contribution >= 4 is 5.91 Å². The molecule has 2 aliphatic rings. The molecule has 1 aliphatic heterocycles. The van der Waals surface area contributed by atoms with Gasteiger partial charge in [-0.2, -0.15) is 10.2 Å². The van der Waals surface area contributed by atoms with Gasteiger partial charge in [0.05, 0.1) is 24.3 Å². The average Bonchev–Trinajstić information content (AvgIpc) is 3.63. The summed E-state index contributed by atoms with van der Waals surface area (Å²) in [5, 5.41) is 23.5. The molecule has 2 heterocycles. The molecule has 1 fully saturated rings. The number of fused-ring (bicyclic) bond motifs is 3. The lowest BCUT2D eigenvalue weighted by Gasteiger charge is -2.24. The third-order valence-electron chi connectivity index (χ3n) is 7.61. The highest BCUT2D eigenvalue weighted by Gasteiger charge is 2.46. The number of hydrogen-bond donors (Lipinski definition) is 1. The SMILES string of the molecule is CCC/C=C(\C)CC(C)Oc1ccc(-c2nc(-c3cccc4c3C[C@H]3CC(=O)N(CCO)[C@@H]43)no2)cc1C#N. The summed E-state index contributed by atoms with van der Waals surface area (Å²) in [6, 6.07) is 13.5. The van der Waals surface area contributed by atoms with E-state index >= 15 is 0 Å². The van der Waals surface area contributed by atoms with Crippen LogP contribution in [-0.4, -0.2) is 45.3 Å². The van der Waals surface area contributed by atoms with Crippen molar-refractivity contribution in [1.29, 1.82) is 5.26 Å². The largest absolute Gasteiger partial charge is 0.489 e. The molecule has 3 atom stereocenters. The highest BCUT2D eigenvalue weighted by molar-refractivity contribution is 5.81. The molecule has 1 saturated heterocycles. The molecule has 0 bridgehead atoms. The predicted octanol–water partition coefficient (Wildman–Crippen LogP) is 5.62. The van der Waals surface area contributed by atoms with E-state index in [-0.39, 0.29) is 30.6 Å². The number of rotatable bonds is 10. The minimum Gasteiger partial charge on any atom is -0.489 e. The zero-order chi connectivity index (χ0) is 27.5. The van der Waals surface area contributed by atoms with E-state index in [1.165, 1.54) is 5.57 Å². The van der Waals surface area contributed by atoms with Crippen LogP contribution in [0.3, 0.4) is 0 Å². The van der Waals surface area contributed by atoms with Crippen LogP contribution < -0.4 is 4.74 Å². The van der Waals surface area contributed by atoms with Crippen LogP contribution in [0.25, 0.3) is 22.8 Å². The standard InChI is InChI=1S/C31H34N4O4/c1-4-5-7-19(2)14-20(3)38-27-11-10-21(15-23(27)18-32)31-33-30(34-39-31)25-9-6-8-24-26(25)16-22-17-28(37)35(12-13-36)29(22)24/h6-11,15,20,22,29,36H,4-5,12-14,16-17H2,1-3H3/b19-7+/t20?,22-,29+/m0/s1. The minimum atomic E-state index is -0.0608. The van der Waals surface area contributed by atoms with Crippen molar-refractivity contribution in [2.75, 3.05) is 13.2 Å². The van der Waals surface area contributed by atoms with Gasteiger partial charge in [-0.1, -0.05) is 48.3 Å². The van der Waals surface area contributed by atoms with Crippen LogP contribution in [0.1, 0.15) is 69.2 Å². The first kappa shape index (κ1) is 26.6. The van der Waals surface area contributed by atoms with Crippen LogP contribution in [0.4, 0.5) is 0 Å². The number of ether oxygens (including phenoxy) is 1. The van der Waals surface area contributed by atoms with E-state index in [0.717, 1.165) is 42.4 Å². The molecule has 39 heavy (non-hydrogen) atoms. The Morgan fingerprint density at radius 2 is 2.18 bits per heavy atom. The summed E-state index contributed by atoms with van der Waals surface area (Å²) < 4.78 is 11.7. The van der Waals surface area contributed by atoms with E-state index in [0.29, 0.717) is 41.6 Å². The van der Waals surface area contributed by atoms with Crippen molar-refractivity contribution in [3.05, 3.63) is 64.7 Å². The van der Waals surface area contributed by atoms with Gasteiger partial charge in [-0.3, -0.25) is 4.79 Å². The first-order valence-corrected chi connectivity index (χ1v) is 13.7. The van der Waals surface area contributed by atoms with Crippen LogP contribution in [0.2, 0.25) is 0 Å². The second kappa shape index (κ2) is 11.4. The maximum Gasteiger partial charge on any atom is 0.258 e. The fourth-order valence-electron chi connectivity index (χ4n) is 5.91. The number of aromatic nitrogens is 2. The van der Waals surface area contributed by atoms with E-state index in [9.17, 15) is 15.2 Å². The molecule has 1 amide bonds. The van der Waals surface area contributed by atoms with Crippen molar-refractivity contribution in [3.63, 3.8) is 0 Å². The number of carbonyl (C=O) groups is 1. The van der Waals surface area contributed by atoms with Crippen LogP contribution >= 0.6 is 0 Å². The van der Waals surface area contributed by atoms with E-state index in [1.807, 2.05) is 31.2 Å². The molecule has 3 aromatic rings. The van der Waals surface area contributed by atoms with Gasteiger partial charge in [0.1, 0.15) is 11.8 Å². The molecular weight excluding hydrogens is 492 g/mol. The molecule has 0 spiro atoms. The van der Waals surface area contributed by atoms with Gasteiger partial charge in [0.2, 0.25) is 11.7 Å². The van der Waals surface area contributed by atoms with Gasteiger partial charge in [-0.15, -0.1) is 0 Å². The topological polar surface area (TPSA) is 112 Å². The molecule has 202 valence electrons. The Bertz CT molecular complexity index is 1440. The molecule has 1 aliphatic carbocycles. The van der Waals surface area contributed by atoms with Crippen LogP contribution in [0, 0.1) is 17.2 Å². The summed E-state index contributed by atoms with van der Waals surface area (Å²) in [5.74, 6) is 1.61. The quantitative estimate of drug-likeness (QED) is 0.341. The molecule has 1 aromatic heterocycles. The first-order valence-electron chi connectivity index (χ1n) is 13.7. The van der Waals surface area contributed by atoms with E-state index < -0.39 is 0 Å². The number of likely N-dealkylation sites (tertiary alicyclic amines) is 1. The van der Waals surface area contributed by atoms with Gasteiger partial charge in [0, 0.05) is 30.5 Å². The third kappa shape index (κ3) is 5.32. The number of aliphatic hydroxyl groups excluding tert-OH is 1. The lowest BCUT2D eigenvalue weighted by atomic mass is 10.0. The van der Waals surface area contributed by atoms with Crippen molar-refractivity contribution in [1.82, 2.24) is 15.0 Å². The summed E-state index contributed by atoms with van der Waals surface area (Å²) in [4.78, 5) is 18.9. The number of unbranched alkanes of at least 4 members (excludes halogenated alkanes) is 1. The maximum atomic E-state index is 12.5. The molecule has 2 aromatic carbocycles. The molecule has 8 heteroatoms. The van der Waals surface area contributed by atoms with Gasteiger partial charge in [0.25, 0.3) is 5.89 Å². The minimum absolute atomic E-state index is 0.0231. The van der Waals surface area contributed by atoms with E-state index in [4.69, 9.17) is 9.26 Å². The Balaban J connectivity index is 1.36. The average molecular weight is 527 g/mol. The predicted molar refractivity (Wildman–Crippen MR) is 147 cm³/mol. The normalized spacial score (nSPS) is 19.1. The number of allylic oxidation sites excluding steroid dienone is 1. The number of nitriles is 1. The van der Waals surface area contributed by atoms with Crippen molar-refractivity contribution in [3.8, 4) is 34.7 Å². The monoisotopic (exact) mass is 526 g/mol. The van der Waals surface area contributed by atoms with Gasteiger partial charge in [0.15, 0.2) is 0 Å². The highest BCUT2D eigenvalue weighted by atomic mass is 16.5. The Morgan fingerprint density at radius 3 is 2.95 bits per heavy atom. The Hall–Kier alpha value is -3.96. The summed E-state index contributed by atoms with van der Waals surface area (Å²) in [6.45, 7) is 6.56. The van der Waals surface area contributed by atoms with Gasteiger partial charge < -0.3 is 19.3 Å². The number of carbonyl (C=O) groups excluding carboxylic acids is 1. The number of β-amino-alcohol motifs (C(OH)–C–C–N with tert-alkyl or cyclic N) is 1. The summed E-state index contributed by atoms with van der Waals surface area (Å²) >= 11 is 0. The molecule has 0 radical (unpaired) electrons. The fraction of sp³-hybridized carbons (Fsp3) is 0.419. The van der Waals surface area contributed by atoms with Crippen LogP contribution in [0.5, 0.6) is 5.75 Å². The second-order valence-electron chi connectivity index (χ2n) is 10.5. The Labute approximate surface area is 228 Å². The molecular formula is C31H34N4O4. The lowest BCUT2D eigenvalue weighted by Crippen LogP contribution is -2.30. The molecule has 1 unspecified atom stereocenters. The van der Waals surface area contributed by atoms with Gasteiger partial charge >= 0.3 is 0 Å². The molecule has 8 nitrogen and oxygen atoms in total. The Morgan fingerprint density at radius 1 is 1.33 bits per heavy atom.